The predicted molar refractivity (Wildman–Crippen MR) is 65.1 cm³/mol. The van der Waals surface area contributed by atoms with Gasteiger partial charge in [0.15, 0.2) is 0 Å². The third-order valence-electron chi connectivity index (χ3n) is 5.10. The topological polar surface area (TPSA) is 35.2 Å². The third-order valence-corrected chi connectivity index (χ3v) is 5.10. The second-order valence-corrected chi connectivity index (χ2v) is 7.45. The van der Waals surface area contributed by atoms with E-state index in [1.165, 1.54) is 38.5 Å². The summed E-state index contributed by atoms with van der Waals surface area (Å²) in [7, 11) is 0. The van der Waals surface area contributed by atoms with Gasteiger partial charge in [-0.2, -0.15) is 0 Å². The Morgan fingerprint density at radius 3 is 2.19 bits per heavy atom. The Morgan fingerprint density at radius 1 is 1.06 bits per heavy atom. The molecular weight excluding hydrogens is 198 g/mol. The molecule has 0 heterocycles. The van der Waals surface area contributed by atoms with E-state index in [1.807, 2.05) is 0 Å². The Hall–Kier alpha value is -0.0800. The van der Waals surface area contributed by atoms with E-state index in [1.54, 1.807) is 0 Å². The summed E-state index contributed by atoms with van der Waals surface area (Å²) in [5.74, 6) is 0.920. The lowest BCUT2D eigenvalue weighted by Gasteiger charge is -2.65. The van der Waals surface area contributed by atoms with Crippen LogP contribution in [-0.2, 0) is 4.74 Å². The molecule has 2 N–H and O–H groups in total. The summed E-state index contributed by atoms with van der Waals surface area (Å²) in [5, 5.41) is 0. The molecule has 2 nitrogen and oxygen atoms in total. The lowest BCUT2D eigenvalue weighted by atomic mass is 9.43. The Bertz CT molecular complexity index is 283. The summed E-state index contributed by atoms with van der Waals surface area (Å²) in [6.07, 6.45) is 8.17. The fourth-order valence-electron chi connectivity index (χ4n) is 5.78. The van der Waals surface area contributed by atoms with Crippen molar-refractivity contribution in [1.29, 1.82) is 0 Å². The van der Waals surface area contributed by atoms with Crippen LogP contribution in [0.1, 0.15) is 52.4 Å². The second kappa shape index (κ2) is 3.23. The molecule has 0 aromatic heterocycles. The van der Waals surface area contributed by atoms with Crippen LogP contribution in [0.25, 0.3) is 0 Å². The highest BCUT2D eigenvalue weighted by molar-refractivity contribution is 5.11. The zero-order valence-electron chi connectivity index (χ0n) is 10.7. The highest BCUT2D eigenvalue weighted by Gasteiger charge is 2.60. The molecule has 2 heteroatoms. The molecule has 0 saturated heterocycles. The van der Waals surface area contributed by atoms with Crippen molar-refractivity contribution < 1.29 is 4.74 Å². The SMILES string of the molecule is CC12CC3CC(C)(C1)CC(OCCN)(C3)C2. The second-order valence-electron chi connectivity index (χ2n) is 7.45. The van der Waals surface area contributed by atoms with Crippen LogP contribution in [0.2, 0.25) is 0 Å². The first-order valence-corrected chi connectivity index (χ1v) is 6.81. The molecule has 4 rings (SSSR count). The number of rotatable bonds is 3. The van der Waals surface area contributed by atoms with E-state index in [9.17, 15) is 0 Å². The standard InChI is InChI=1S/C14H25NO/c1-12-5-11-6-13(2,8-12)10-14(7-11,9-12)16-4-3-15/h11H,3-10,15H2,1-2H3. The monoisotopic (exact) mass is 223 g/mol. The van der Waals surface area contributed by atoms with Gasteiger partial charge in [-0.3, -0.25) is 0 Å². The third kappa shape index (κ3) is 1.62. The van der Waals surface area contributed by atoms with E-state index < -0.39 is 0 Å². The molecule has 4 fully saturated rings. The van der Waals surface area contributed by atoms with Crippen molar-refractivity contribution in [2.45, 2.75) is 58.0 Å². The molecular formula is C14H25NO. The van der Waals surface area contributed by atoms with Crippen LogP contribution in [0.5, 0.6) is 0 Å². The molecule has 0 amide bonds. The van der Waals surface area contributed by atoms with Gasteiger partial charge in [0.2, 0.25) is 0 Å². The maximum Gasteiger partial charge on any atom is 0.0696 e. The first kappa shape index (κ1) is 11.0. The average molecular weight is 223 g/mol. The highest BCUT2D eigenvalue weighted by atomic mass is 16.5. The van der Waals surface area contributed by atoms with E-state index >= 15 is 0 Å². The molecule has 0 spiro atoms. The van der Waals surface area contributed by atoms with Crippen molar-refractivity contribution in [3.05, 3.63) is 0 Å². The Morgan fingerprint density at radius 2 is 1.69 bits per heavy atom. The number of hydrogen-bond donors (Lipinski definition) is 1. The molecule has 2 atom stereocenters. The van der Waals surface area contributed by atoms with Gasteiger partial charge in [0.05, 0.1) is 12.2 Å². The largest absolute Gasteiger partial charge is 0.374 e. The van der Waals surface area contributed by atoms with E-state index in [0.29, 0.717) is 17.4 Å². The molecule has 4 aliphatic rings. The van der Waals surface area contributed by atoms with Crippen molar-refractivity contribution in [3.8, 4) is 0 Å². The van der Waals surface area contributed by atoms with Gasteiger partial charge in [0, 0.05) is 6.54 Å². The van der Waals surface area contributed by atoms with Crippen molar-refractivity contribution in [2.24, 2.45) is 22.5 Å². The number of hydrogen-bond acceptors (Lipinski definition) is 2. The summed E-state index contributed by atoms with van der Waals surface area (Å²) in [5.41, 5.74) is 6.91. The first-order chi connectivity index (χ1) is 7.47. The molecule has 4 aliphatic carbocycles. The minimum atomic E-state index is 0.197. The Balaban J connectivity index is 1.86. The first-order valence-electron chi connectivity index (χ1n) is 6.81. The van der Waals surface area contributed by atoms with Crippen LogP contribution in [0.3, 0.4) is 0 Å². The molecule has 16 heavy (non-hydrogen) atoms. The van der Waals surface area contributed by atoms with Crippen LogP contribution in [0, 0.1) is 16.7 Å². The smallest absolute Gasteiger partial charge is 0.0696 e. The molecule has 4 saturated carbocycles. The number of ether oxygens (including phenoxy) is 1. The minimum Gasteiger partial charge on any atom is -0.374 e. The summed E-state index contributed by atoms with van der Waals surface area (Å²) < 4.78 is 6.20. The van der Waals surface area contributed by atoms with Crippen molar-refractivity contribution in [1.82, 2.24) is 0 Å². The summed E-state index contributed by atoms with van der Waals surface area (Å²) >= 11 is 0. The lowest BCUT2D eigenvalue weighted by molar-refractivity contribution is -0.213. The van der Waals surface area contributed by atoms with Crippen LogP contribution >= 0.6 is 0 Å². The van der Waals surface area contributed by atoms with Gasteiger partial charge in [0.25, 0.3) is 0 Å². The van der Waals surface area contributed by atoms with Crippen LogP contribution in [-0.4, -0.2) is 18.8 Å². The van der Waals surface area contributed by atoms with Gasteiger partial charge in [-0.05, 0) is 55.3 Å². The summed E-state index contributed by atoms with van der Waals surface area (Å²) in [6, 6.07) is 0. The Kier molecular flexibility index (Phi) is 2.23. The molecule has 0 aromatic rings. The van der Waals surface area contributed by atoms with Gasteiger partial charge in [-0.15, -0.1) is 0 Å². The molecule has 4 bridgehead atoms. The van der Waals surface area contributed by atoms with Crippen LogP contribution in [0.15, 0.2) is 0 Å². The highest BCUT2D eigenvalue weighted by Crippen LogP contribution is 2.67. The van der Waals surface area contributed by atoms with Crippen LogP contribution in [0.4, 0.5) is 0 Å². The van der Waals surface area contributed by atoms with Gasteiger partial charge in [0.1, 0.15) is 0 Å². The van der Waals surface area contributed by atoms with E-state index in [2.05, 4.69) is 13.8 Å². The minimum absolute atomic E-state index is 0.197. The van der Waals surface area contributed by atoms with Gasteiger partial charge in [-0.1, -0.05) is 13.8 Å². The van der Waals surface area contributed by atoms with E-state index in [0.717, 1.165) is 12.5 Å². The maximum absolute atomic E-state index is 6.20. The molecule has 0 aliphatic heterocycles. The van der Waals surface area contributed by atoms with Crippen molar-refractivity contribution >= 4 is 0 Å². The van der Waals surface area contributed by atoms with Crippen molar-refractivity contribution in [2.75, 3.05) is 13.2 Å². The maximum atomic E-state index is 6.20. The van der Waals surface area contributed by atoms with E-state index in [4.69, 9.17) is 10.5 Å². The predicted octanol–water partition coefficient (Wildman–Crippen LogP) is 2.71. The molecule has 92 valence electrons. The Labute approximate surface area is 98.9 Å². The zero-order valence-corrected chi connectivity index (χ0v) is 10.7. The van der Waals surface area contributed by atoms with Gasteiger partial charge in [-0.25, -0.2) is 0 Å². The summed E-state index contributed by atoms with van der Waals surface area (Å²) in [4.78, 5) is 0. The van der Waals surface area contributed by atoms with Crippen LogP contribution < -0.4 is 5.73 Å². The zero-order chi connectivity index (χ0) is 11.4. The molecule has 0 radical (unpaired) electrons. The van der Waals surface area contributed by atoms with Gasteiger partial charge >= 0.3 is 0 Å². The fourth-order valence-corrected chi connectivity index (χ4v) is 5.78. The fraction of sp³-hybridized carbons (Fsp3) is 1.00. The molecule has 0 aromatic carbocycles. The number of nitrogens with two attached hydrogens (primary N) is 1. The average Bonchev–Trinajstić information content (AvgIpc) is 2.08. The van der Waals surface area contributed by atoms with Crippen molar-refractivity contribution in [3.63, 3.8) is 0 Å². The normalized spacial score (nSPS) is 54.6. The molecule has 2 unspecified atom stereocenters. The van der Waals surface area contributed by atoms with Gasteiger partial charge < -0.3 is 10.5 Å². The summed E-state index contributed by atoms with van der Waals surface area (Å²) in [6.45, 7) is 6.38. The van der Waals surface area contributed by atoms with E-state index in [-0.39, 0.29) is 5.60 Å². The lowest BCUT2D eigenvalue weighted by Crippen LogP contribution is -2.59. The quantitative estimate of drug-likeness (QED) is 0.798.